The van der Waals surface area contributed by atoms with Gasteiger partial charge in [0, 0.05) is 16.9 Å². The number of aromatic nitrogens is 2. The summed E-state index contributed by atoms with van der Waals surface area (Å²) in [5.74, 6) is 0.567. The van der Waals surface area contributed by atoms with Crippen molar-refractivity contribution in [3.63, 3.8) is 0 Å². The lowest BCUT2D eigenvalue weighted by atomic mass is 10.2. The van der Waals surface area contributed by atoms with E-state index in [1.165, 1.54) is 6.20 Å². The molecular formula is C20H20ClN3O2. The first-order valence-electron chi connectivity index (χ1n) is 8.31. The molecular weight excluding hydrogens is 350 g/mol. The molecule has 0 atom stereocenters. The summed E-state index contributed by atoms with van der Waals surface area (Å²) in [4.78, 5) is 12.5. The Labute approximate surface area is 157 Å². The third kappa shape index (κ3) is 4.24. The average molecular weight is 370 g/mol. The Morgan fingerprint density at radius 3 is 2.58 bits per heavy atom. The number of aryl methyl sites for hydroxylation is 1. The molecule has 1 heterocycles. The Kier molecular flexibility index (Phi) is 5.28. The summed E-state index contributed by atoms with van der Waals surface area (Å²) in [6.07, 6.45) is 3.33. The standard InChI is InChI=1S/C20H20ClN3O2/c1-13(2)26-18-8-9-19(14(3)10-18)23-20(25)15-11-22-24(12-15)17-6-4-16(21)5-7-17/h4-13H,1-3H3,(H,23,25). The second-order valence-electron chi connectivity index (χ2n) is 6.25. The number of benzene rings is 2. The topological polar surface area (TPSA) is 56.1 Å². The maximum atomic E-state index is 12.5. The van der Waals surface area contributed by atoms with Crippen molar-refractivity contribution in [2.24, 2.45) is 0 Å². The van der Waals surface area contributed by atoms with Gasteiger partial charge in [0.2, 0.25) is 0 Å². The maximum Gasteiger partial charge on any atom is 0.258 e. The zero-order valence-electron chi connectivity index (χ0n) is 14.9. The molecule has 1 aromatic heterocycles. The van der Waals surface area contributed by atoms with Crippen molar-refractivity contribution in [2.75, 3.05) is 5.32 Å². The van der Waals surface area contributed by atoms with Crippen LogP contribution >= 0.6 is 11.6 Å². The third-order valence-corrected chi connectivity index (χ3v) is 4.01. The summed E-state index contributed by atoms with van der Waals surface area (Å²) in [5, 5.41) is 7.80. The third-order valence-electron chi connectivity index (χ3n) is 3.75. The quantitative estimate of drug-likeness (QED) is 0.697. The fourth-order valence-corrected chi connectivity index (χ4v) is 2.62. The zero-order valence-corrected chi connectivity index (χ0v) is 15.6. The molecule has 6 heteroatoms. The van der Waals surface area contributed by atoms with Crippen molar-refractivity contribution in [2.45, 2.75) is 26.9 Å². The normalized spacial score (nSPS) is 10.8. The van der Waals surface area contributed by atoms with Crippen LogP contribution in [0.2, 0.25) is 5.02 Å². The lowest BCUT2D eigenvalue weighted by Gasteiger charge is -2.13. The van der Waals surface area contributed by atoms with Gasteiger partial charge in [-0.1, -0.05) is 11.6 Å². The van der Waals surface area contributed by atoms with E-state index in [2.05, 4.69) is 10.4 Å². The van der Waals surface area contributed by atoms with E-state index in [1.54, 1.807) is 23.0 Å². The minimum atomic E-state index is -0.217. The van der Waals surface area contributed by atoms with Crippen LogP contribution in [0.15, 0.2) is 54.9 Å². The number of nitrogens with zero attached hydrogens (tertiary/aromatic N) is 2. The van der Waals surface area contributed by atoms with Crippen molar-refractivity contribution in [1.29, 1.82) is 0 Å². The number of rotatable bonds is 5. The van der Waals surface area contributed by atoms with E-state index < -0.39 is 0 Å². The van der Waals surface area contributed by atoms with E-state index in [9.17, 15) is 4.79 Å². The van der Waals surface area contributed by atoms with E-state index in [0.29, 0.717) is 10.6 Å². The highest BCUT2D eigenvalue weighted by Crippen LogP contribution is 2.23. The predicted molar refractivity (Wildman–Crippen MR) is 103 cm³/mol. The SMILES string of the molecule is Cc1cc(OC(C)C)ccc1NC(=O)c1cnn(-c2ccc(Cl)cc2)c1. The minimum Gasteiger partial charge on any atom is -0.491 e. The number of hydrogen-bond donors (Lipinski definition) is 1. The van der Waals surface area contributed by atoms with Gasteiger partial charge in [-0.15, -0.1) is 0 Å². The van der Waals surface area contributed by atoms with E-state index in [-0.39, 0.29) is 12.0 Å². The molecule has 0 unspecified atom stereocenters. The largest absolute Gasteiger partial charge is 0.491 e. The molecule has 3 aromatic rings. The van der Waals surface area contributed by atoms with Crippen molar-refractivity contribution >= 4 is 23.2 Å². The van der Waals surface area contributed by atoms with Crippen molar-refractivity contribution < 1.29 is 9.53 Å². The molecule has 0 bridgehead atoms. The summed E-state index contributed by atoms with van der Waals surface area (Å²) in [6.45, 7) is 5.88. The first kappa shape index (κ1) is 18.0. The summed E-state index contributed by atoms with van der Waals surface area (Å²) < 4.78 is 7.30. The fraction of sp³-hybridized carbons (Fsp3) is 0.200. The van der Waals surface area contributed by atoms with Crippen LogP contribution in [-0.2, 0) is 0 Å². The monoisotopic (exact) mass is 369 g/mol. The number of ether oxygens (including phenoxy) is 1. The maximum absolute atomic E-state index is 12.5. The molecule has 0 spiro atoms. The lowest BCUT2D eigenvalue weighted by molar-refractivity contribution is 0.102. The molecule has 0 saturated carbocycles. The average Bonchev–Trinajstić information content (AvgIpc) is 3.07. The summed E-state index contributed by atoms with van der Waals surface area (Å²) >= 11 is 5.90. The predicted octanol–water partition coefficient (Wildman–Crippen LogP) is 4.87. The Hall–Kier alpha value is -2.79. The number of carbonyl (C=O) groups is 1. The van der Waals surface area contributed by atoms with Crippen LogP contribution in [0.5, 0.6) is 5.75 Å². The summed E-state index contributed by atoms with van der Waals surface area (Å²) in [7, 11) is 0. The highest BCUT2D eigenvalue weighted by molar-refractivity contribution is 6.30. The van der Waals surface area contributed by atoms with E-state index >= 15 is 0 Å². The Balaban J connectivity index is 1.73. The molecule has 0 aliphatic carbocycles. The zero-order chi connectivity index (χ0) is 18.7. The van der Waals surface area contributed by atoms with Crippen LogP contribution in [0.25, 0.3) is 5.69 Å². The highest BCUT2D eigenvalue weighted by Gasteiger charge is 2.12. The van der Waals surface area contributed by atoms with E-state index in [4.69, 9.17) is 16.3 Å². The lowest BCUT2D eigenvalue weighted by Crippen LogP contribution is -2.12. The highest BCUT2D eigenvalue weighted by atomic mass is 35.5. The number of nitrogens with one attached hydrogen (secondary N) is 1. The van der Waals surface area contributed by atoms with Crippen LogP contribution < -0.4 is 10.1 Å². The molecule has 0 aliphatic heterocycles. The fourth-order valence-electron chi connectivity index (χ4n) is 2.49. The molecule has 134 valence electrons. The molecule has 0 radical (unpaired) electrons. The molecule has 3 rings (SSSR count). The summed E-state index contributed by atoms with van der Waals surface area (Å²) in [6, 6.07) is 12.8. The van der Waals surface area contributed by atoms with Crippen LogP contribution in [0, 0.1) is 6.92 Å². The van der Waals surface area contributed by atoms with Gasteiger partial charge in [-0.2, -0.15) is 5.10 Å². The van der Waals surface area contributed by atoms with Crippen LogP contribution in [-0.4, -0.2) is 21.8 Å². The Morgan fingerprint density at radius 2 is 1.92 bits per heavy atom. The van der Waals surface area contributed by atoms with Crippen molar-refractivity contribution in [3.8, 4) is 11.4 Å². The molecule has 1 amide bonds. The van der Waals surface area contributed by atoms with Gasteiger partial charge >= 0.3 is 0 Å². The van der Waals surface area contributed by atoms with E-state index in [0.717, 1.165) is 22.7 Å². The van der Waals surface area contributed by atoms with Crippen LogP contribution in [0.4, 0.5) is 5.69 Å². The number of hydrogen-bond acceptors (Lipinski definition) is 3. The van der Waals surface area contributed by atoms with Crippen LogP contribution in [0.3, 0.4) is 0 Å². The Bertz CT molecular complexity index is 917. The number of amides is 1. The van der Waals surface area contributed by atoms with Gasteiger partial charge < -0.3 is 10.1 Å². The molecule has 26 heavy (non-hydrogen) atoms. The van der Waals surface area contributed by atoms with Gasteiger partial charge in [-0.05, 0) is 68.8 Å². The van der Waals surface area contributed by atoms with Crippen molar-refractivity contribution in [1.82, 2.24) is 9.78 Å². The van der Waals surface area contributed by atoms with Gasteiger partial charge in [0.25, 0.3) is 5.91 Å². The van der Waals surface area contributed by atoms with Gasteiger partial charge in [0.15, 0.2) is 0 Å². The minimum absolute atomic E-state index is 0.105. The second kappa shape index (κ2) is 7.62. The molecule has 0 fully saturated rings. The number of carbonyl (C=O) groups excluding carboxylic acids is 1. The molecule has 2 aromatic carbocycles. The van der Waals surface area contributed by atoms with Gasteiger partial charge in [-0.25, -0.2) is 4.68 Å². The summed E-state index contributed by atoms with van der Waals surface area (Å²) in [5.41, 5.74) is 2.98. The molecule has 0 aliphatic rings. The number of anilines is 1. The van der Waals surface area contributed by atoms with Crippen molar-refractivity contribution in [3.05, 3.63) is 71.0 Å². The molecule has 1 N–H and O–H groups in total. The van der Waals surface area contributed by atoms with Gasteiger partial charge in [-0.3, -0.25) is 4.79 Å². The molecule has 5 nitrogen and oxygen atoms in total. The first-order valence-corrected chi connectivity index (χ1v) is 8.69. The molecule has 0 saturated heterocycles. The first-order chi connectivity index (χ1) is 12.4. The Morgan fingerprint density at radius 1 is 1.19 bits per heavy atom. The smallest absolute Gasteiger partial charge is 0.258 e. The van der Waals surface area contributed by atoms with Gasteiger partial charge in [0.05, 0.1) is 23.6 Å². The van der Waals surface area contributed by atoms with Gasteiger partial charge in [0.1, 0.15) is 5.75 Å². The van der Waals surface area contributed by atoms with Crippen LogP contribution in [0.1, 0.15) is 29.8 Å². The second-order valence-corrected chi connectivity index (χ2v) is 6.68. The van der Waals surface area contributed by atoms with E-state index in [1.807, 2.05) is 51.1 Å². The number of halogens is 1.